The van der Waals surface area contributed by atoms with Crippen LogP contribution in [0.3, 0.4) is 0 Å². The molecule has 0 bridgehead atoms. The first-order chi connectivity index (χ1) is 12.2. The van der Waals surface area contributed by atoms with Crippen molar-refractivity contribution in [2.24, 2.45) is 5.92 Å². The molecule has 0 saturated carbocycles. The van der Waals surface area contributed by atoms with E-state index in [1.165, 1.54) is 0 Å². The van der Waals surface area contributed by atoms with Gasteiger partial charge in [0.2, 0.25) is 5.91 Å². The predicted molar refractivity (Wildman–Crippen MR) is 97.6 cm³/mol. The second kappa shape index (κ2) is 7.04. The van der Waals surface area contributed by atoms with Gasteiger partial charge in [0.1, 0.15) is 0 Å². The first kappa shape index (κ1) is 16.4. The second-order valence-corrected chi connectivity index (χ2v) is 7.33. The topological polar surface area (TPSA) is 70.1 Å². The van der Waals surface area contributed by atoms with E-state index in [0.29, 0.717) is 12.3 Å². The number of para-hydroxylation sites is 2. The molecule has 2 aromatic rings. The number of carbonyl (C=O) groups is 1. The summed E-state index contributed by atoms with van der Waals surface area (Å²) in [4.78, 5) is 29.8. The Morgan fingerprint density at radius 2 is 1.80 bits per heavy atom. The zero-order chi connectivity index (χ0) is 17.2. The van der Waals surface area contributed by atoms with Crippen LogP contribution in [0.15, 0.2) is 29.1 Å². The van der Waals surface area contributed by atoms with Crippen molar-refractivity contribution in [2.45, 2.75) is 38.1 Å². The van der Waals surface area contributed by atoms with Crippen molar-refractivity contribution in [2.75, 3.05) is 26.2 Å². The Hall–Kier alpha value is -2.08. The molecular formula is C19H26N4O2. The van der Waals surface area contributed by atoms with Gasteiger partial charge in [0.15, 0.2) is 0 Å². The monoisotopic (exact) mass is 342 g/mol. The lowest BCUT2D eigenvalue weighted by molar-refractivity contribution is -0.133. The molecule has 1 amide bonds. The number of amides is 1. The largest absolute Gasteiger partial charge is 0.343 e. The number of carbonyl (C=O) groups excluding carboxylic acids is 1. The number of likely N-dealkylation sites (tertiary alicyclic amines) is 1. The number of nitrogens with zero attached hydrogens (tertiary/aromatic N) is 2. The van der Waals surface area contributed by atoms with Gasteiger partial charge < -0.3 is 15.2 Å². The molecule has 2 saturated heterocycles. The van der Waals surface area contributed by atoms with Gasteiger partial charge in [-0.3, -0.25) is 9.36 Å². The standard InChI is InChI=1S/C19H26N4O2/c24-18(13-14-5-9-20-10-6-14)22-11-7-15(8-12-22)23-17-4-2-1-3-16(17)21-19(23)25/h1-4,14-15,20H,5-13H2,(H,21,25). The number of hydrogen-bond donors (Lipinski definition) is 2. The van der Waals surface area contributed by atoms with Gasteiger partial charge in [0.25, 0.3) is 0 Å². The summed E-state index contributed by atoms with van der Waals surface area (Å²) in [6, 6.07) is 7.99. The first-order valence-electron chi connectivity index (χ1n) is 9.40. The van der Waals surface area contributed by atoms with Gasteiger partial charge in [-0.05, 0) is 56.8 Å². The molecule has 0 unspecified atom stereocenters. The van der Waals surface area contributed by atoms with E-state index in [0.717, 1.165) is 62.9 Å². The molecule has 134 valence electrons. The quantitative estimate of drug-likeness (QED) is 0.895. The van der Waals surface area contributed by atoms with Gasteiger partial charge in [-0.2, -0.15) is 0 Å². The number of aromatic amines is 1. The van der Waals surface area contributed by atoms with E-state index in [9.17, 15) is 9.59 Å². The molecule has 0 radical (unpaired) electrons. The van der Waals surface area contributed by atoms with Gasteiger partial charge in [-0.15, -0.1) is 0 Å². The third-order valence-electron chi connectivity index (χ3n) is 5.73. The molecule has 2 fully saturated rings. The van der Waals surface area contributed by atoms with Gasteiger partial charge in [-0.1, -0.05) is 12.1 Å². The lowest BCUT2D eigenvalue weighted by Gasteiger charge is -2.34. The Kier molecular flexibility index (Phi) is 4.61. The van der Waals surface area contributed by atoms with E-state index in [-0.39, 0.29) is 17.6 Å². The van der Waals surface area contributed by atoms with Crippen LogP contribution in [0.25, 0.3) is 11.0 Å². The van der Waals surface area contributed by atoms with Crippen molar-refractivity contribution in [3.8, 4) is 0 Å². The molecule has 2 N–H and O–H groups in total. The summed E-state index contributed by atoms with van der Waals surface area (Å²) in [6.07, 6.45) is 4.58. The Bertz CT molecular complexity index is 795. The molecule has 0 aliphatic carbocycles. The van der Waals surface area contributed by atoms with Crippen LogP contribution in [0.4, 0.5) is 0 Å². The summed E-state index contributed by atoms with van der Waals surface area (Å²) < 4.78 is 1.88. The van der Waals surface area contributed by atoms with Crippen molar-refractivity contribution >= 4 is 16.9 Å². The molecule has 25 heavy (non-hydrogen) atoms. The van der Waals surface area contributed by atoms with E-state index in [4.69, 9.17) is 0 Å². The second-order valence-electron chi connectivity index (χ2n) is 7.33. The summed E-state index contributed by atoms with van der Waals surface area (Å²) in [7, 11) is 0. The lowest BCUT2D eigenvalue weighted by Crippen LogP contribution is -2.41. The summed E-state index contributed by atoms with van der Waals surface area (Å²) in [5.74, 6) is 0.819. The highest BCUT2D eigenvalue weighted by Gasteiger charge is 2.27. The van der Waals surface area contributed by atoms with Gasteiger partial charge in [-0.25, -0.2) is 4.79 Å². The van der Waals surface area contributed by atoms with Crippen LogP contribution >= 0.6 is 0 Å². The fourth-order valence-electron chi connectivity index (χ4n) is 4.27. The van der Waals surface area contributed by atoms with Crippen LogP contribution < -0.4 is 11.0 Å². The molecule has 2 aliphatic rings. The fourth-order valence-corrected chi connectivity index (χ4v) is 4.27. The number of benzene rings is 1. The van der Waals surface area contributed by atoms with Crippen molar-refractivity contribution < 1.29 is 4.79 Å². The van der Waals surface area contributed by atoms with Gasteiger partial charge in [0, 0.05) is 25.6 Å². The Morgan fingerprint density at radius 3 is 2.56 bits per heavy atom. The number of nitrogens with one attached hydrogen (secondary N) is 2. The maximum atomic E-state index is 12.6. The number of fused-ring (bicyclic) bond motifs is 1. The fraction of sp³-hybridized carbons (Fsp3) is 0.579. The maximum absolute atomic E-state index is 12.6. The highest BCUT2D eigenvalue weighted by Crippen LogP contribution is 2.26. The number of imidazole rings is 1. The highest BCUT2D eigenvalue weighted by molar-refractivity contribution is 5.77. The minimum Gasteiger partial charge on any atom is -0.343 e. The number of piperidine rings is 2. The average Bonchev–Trinajstić information content (AvgIpc) is 2.98. The van der Waals surface area contributed by atoms with E-state index in [2.05, 4.69) is 10.3 Å². The van der Waals surface area contributed by atoms with Crippen molar-refractivity contribution in [1.29, 1.82) is 0 Å². The zero-order valence-electron chi connectivity index (χ0n) is 14.5. The summed E-state index contributed by atoms with van der Waals surface area (Å²) >= 11 is 0. The van der Waals surface area contributed by atoms with Crippen LogP contribution in [0.1, 0.15) is 38.1 Å². The third kappa shape index (κ3) is 3.35. The molecule has 6 heteroatoms. The molecule has 2 aliphatic heterocycles. The Labute approximate surface area is 147 Å². The molecule has 4 rings (SSSR count). The van der Waals surface area contributed by atoms with E-state index in [1.54, 1.807) is 0 Å². The van der Waals surface area contributed by atoms with E-state index >= 15 is 0 Å². The zero-order valence-corrected chi connectivity index (χ0v) is 14.5. The number of aromatic nitrogens is 2. The molecule has 0 atom stereocenters. The minimum absolute atomic E-state index is 0.0410. The van der Waals surface area contributed by atoms with E-state index < -0.39 is 0 Å². The molecule has 6 nitrogen and oxygen atoms in total. The Morgan fingerprint density at radius 1 is 1.08 bits per heavy atom. The average molecular weight is 342 g/mol. The third-order valence-corrected chi connectivity index (χ3v) is 5.73. The smallest absolute Gasteiger partial charge is 0.326 e. The summed E-state index contributed by atoms with van der Waals surface area (Å²) in [5, 5.41) is 3.35. The predicted octanol–water partition coefficient (Wildman–Crippen LogP) is 1.88. The van der Waals surface area contributed by atoms with E-state index in [1.807, 2.05) is 33.7 Å². The van der Waals surface area contributed by atoms with Crippen LogP contribution in [0, 0.1) is 5.92 Å². The van der Waals surface area contributed by atoms with Crippen LogP contribution in [-0.2, 0) is 4.79 Å². The first-order valence-corrected chi connectivity index (χ1v) is 9.40. The number of rotatable bonds is 3. The van der Waals surface area contributed by atoms with Gasteiger partial charge in [0.05, 0.1) is 11.0 Å². The van der Waals surface area contributed by atoms with Crippen molar-refractivity contribution in [3.05, 3.63) is 34.7 Å². The molecular weight excluding hydrogens is 316 g/mol. The highest BCUT2D eigenvalue weighted by atomic mass is 16.2. The van der Waals surface area contributed by atoms with Crippen LogP contribution in [0.2, 0.25) is 0 Å². The number of H-pyrrole nitrogens is 1. The molecule has 1 aromatic heterocycles. The Balaban J connectivity index is 1.40. The molecule has 3 heterocycles. The van der Waals surface area contributed by atoms with Crippen molar-refractivity contribution in [1.82, 2.24) is 19.8 Å². The lowest BCUT2D eigenvalue weighted by atomic mass is 9.93. The van der Waals surface area contributed by atoms with Crippen LogP contribution in [-0.4, -0.2) is 46.5 Å². The van der Waals surface area contributed by atoms with Crippen molar-refractivity contribution in [3.63, 3.8) is 0 Å². The minimum atomic E-state index is -0.0410. The number of hydrogen-bond acceptors (Lipinski definition) is 3. The normalized spacial score (nSPS) is 20.2. The SMILES string of the molecule is O=C(CC1CCNCC1)N1CCC(n2c(=O)[nH]c3ccccc32)CC1. The summed E-state index contributed by atoms with van der Waals surface area (Å²) in [6.45, 7) is 3.56. The molecule has 1 aromatic carbocycles. The van der Waals surface area contributed by atoms with Crippen LogP contribution in [0.5, 0.6) is 0 Å². The maximum Gasteiger partial charge on any atom is 0.326 e. The molecule has 0 spiro atoms. The summed E-state index contributed by atoms with van der Waals surface area (Å²) in [5.41, 5.74) is 1.81. The van der Waals surface area contributed by atoms with Gasteiger partial charge >= 0.3 is 5.69 Å².